The number of halogens is 4. The molecule has 0 unspecified atom stereocenters. The molecule has 0 amide bonds. The molecular weight excluding hydrogens is 352 g/mol. The van der Waals surface area contributed by atoms with Crippen molar-refractivity contribution in [2.24, 2.45) is 4.99 Å². The molecule has 2 aromatic rings. The van der Waals surface area contributed by atoms with E-state index in [-0.39, 0.29) is 11.3 Å². The van der Waals surface area contributed by atoms with Crippen LogP contribution in [0.3, 0.4) is 0 Å². The van der Waals surface area contributed by atoms with E-state index in [2.05, 4.69) is 4.99 Å². The molecule has 0 atom stereocenters. The molecule has 1 aromatic carbocycles. The molecule has 0 aliphatic carbocycles. The lowest BCUT2D eigenvalue weighted by Crippen LogP contribution is -2.22. The maximum atomic E-state index is 13.7. The van der Waals surface area contributed by atoms with Crippen LogP contribution >= 0.6 is 11.3 Å². The Kier molecular flexibility index (Phi) is 4.88. The molecule has 0 fully saturated rings. The van der Waals surface area contributed by atoms with E-state index in [1.807, 2.05) is 4.98 Å². The number of nitrogens with one attached hydrogen (secondary N) is 1. The summed E-state index contributed by atoms with van der Waals surface area (Å²) >= 11 is 0.343. The fraction of sp³-hybridized carbons (Fsp3) is 0.214. The average Bonchev–Trinajstić information content (AvgIpc) is 2.43. The number of hydrogen-bond donors (Lipinski definition) is 2. The molecule has 24 heavy (non-hydrogen) atoms. The van der Waals surface area contributed by atoms with Crippen LogP contribution in [0.25, 0.3) is 0 Å². The highest BCUT2D eigenvalue weighted by Crippen LogP contribution is 2.33. The maximum Gasteiger partial charge on any atom is 0.416 e. The van der Waals surface area contributed by atoms with Gasteiger partial charge in [0, 0.05) is 11.3 Å². The molecule has 128 valence electrons. The van der Waals surface area contributed by atoms with Gasteiger partial charge >= 0.3 is 11.0 Å². The van der Waals surface area contributed by atoms with Crippen molar-refractivity contribution in [3.05, 3.63) is 60.7 Å². The van der Waals surface area contributed by atoms with Crippen molar-refractivity contribution in [1.29, 1.82) is 0 Å². The van der Waals surface area contributed by atoms with Gasteiger partial charge in [-0.25, -0.2) is 4.39 Å². The lowest BCUT2D eigenvalue weighted by Gasteiger charge is -2.12. The van der Waals surface area contributed by atoms with Gasteiger partial charge in [0.1, 0.15) is 11.4 Å². The highest BCUT2D eigenvalue weighted by Gasteiger charge is 2.34. The Morgan fingerprint density at radius 3 is 2.58 bits per heavy atom. The fourth-order valence-electron chi connectivity index (χ4n) is 2.00. The number of alkyl halides is 3. The first-order valence-electron chi connectivity index (χ1n) is 6.43. The van der Waals surface area contributed by atoms with Crippen molar-refractivity contribution in [1.82, 2.24) is 4.98 Å². The molecule has 0 spiro atoms. The largest absolute Gasteiger partial charge is 0.499 e. The number of benzene rings is 1. The van der Waals surface area contributed by atoms with Crippen LogP contribution in [0.2, 0.25) is 0 Å². The van der Waals surface area contributed by atoms with Crippen LogP contribution in [0.5, 0.6) is 5.06 Å². The summed E-state index contributed by atoms with van der Waals surface area (Å²) in [5, 5.41) is 9.03. The van der Waals surface area contributed by atoms with Gasteiger partial charge in [-0.15, -0.1) is 0 Å². The van der Waals surface area contributed by atoms with Crippen LogP contribution in [-0.4, -0.2) is 15.8 Å². The topological polar surface area (TPSA) is 82.5 Å². The first-order chi connectivity index (χ1) is 11.1. The zero-order valence-corrected chi connectivity index (χ0v) is 12.9. The molecule has 1 heterocycles. The number of rotatable bonds is 3. The summed E-state index contributed by atoms with van der Waals surface area (Å²) in [5.41, 5.74) is -3.24. The normalized spacial score (nSPS) is 12.5. The highest BCUT2D eigenvalue weighted by molar-refractivity contribution is 7.11. The van der Waals surface area contributed by atoms with E-state index < -0.39 is 45.2 Å². The van der Waals surface area contributed by atoms with Crippen molar-refractivity contribution in [2.45, 2.75) is 19.6 Å². The van der Waals surface area contributed by atoms with E-state index in [4.69, 9.17) is 0 Å². The van der Waals surface area contributed by atoms with Gasteiger partial charge in [0.15, 0.2) is 5.06 Å². The van der Waals surface area contributed by atoms with Gasteiger partial charge in [-0.1, -0.05) is 6.07 Å². The Morgan fingerprint density at radius 1 is 1.33 bits per heavy atom. The molecule has 2 rings (SSSR count). The number of H-pyrrole nitrogens is 1. The third-order valence-corrected chi connectivity index (χ3v) is 3.79. The van der Waals surface area contributed by atoms with Crippen molar-refractivity contribution >= 4 is 17.0 Å². The Bertz CT molecular complexity index is 915. The molecule has 5 nitrogen and oxygen atoms in total. The number of nitrogens with zero attached hydrogens (tertiary/aromatic N) is 1. The molecule has 10 heteroatoms. The first-order valence-corrected chi connectivity index (χ1v) is 7.25. The van der Waals surface area contributed by atoms with E-state index in [9.17, 15) is 32.3 Å². The minimum Gasteiger partial charge on any atom is -0.499 e. The van der Waals surface area contributed by atoms with Crippen LogP contribution in [0.1, 0.15) is 23.6 Å². The van der Waals surface area contributed by atoms with Crippen molar-refractivity contribution in [3.8, 4) is 5.06 Å². The quantitative estimate of drug-likeness (QED) is 0.651. The number of aromatic nitrogens is 1. The van der Waals surface area contributed by atoms with E-state index in [0.29, 0.717) is 11.3 Å². The Morgan fingerprint density at radius 2 is 2.00 bits per heavy atom. The molecular formula is C14H10F4N2O3S. The second-order valence-electron chi connectivity index (χ2n) is 4.69. The maximum absolute atomic E-state index is 13.7. The predicted molar refractivity (Wildman–Crippen MR) is 80.2 cm³/mol. The van der Waals surface area contributed by atoms with Crippen LogP contribution < -0.4 is 10.4 Å². The molecule has 0 saturated carbocycles. The number of aromatic amines is 1. The van der Waals surface area contributed by atoms with Crippen LogP contribution in [0, 0.1) is 5.82 Å². The lowest BCUT2D eigenvalue weighted by molar-refractivity contribution is -0.138. The molecule has 0 saturated heterocycles. The second-order valence-corrected chi connectivity index (χ2v) is 5.65. The standard InChI is InChI=1S/C14H10F4N2O3S/c1-6(10-11(21)20-13(23)24-12(10)22)19-5-7-8(14(16,17)18)3-2-4-9(7)15/h2-4,22H,5H2,1H3,(H,20,21,23). The summed E-state index contributed by atoms with van der Waals surface area (Å²) < 4.78 is 52.4. The Hall–Kier alpha value is -2.49. The monoisotopic (exact) mass is 362 g/mol. The van der Waals surface area contributed by atoms with E-state index in [1.54, 1.807) is 0 Å². The fourth-order valence-corrected chi connectivity index (χ4v) is 2.66. The molecule has 0 radical (unpaired) electrons. The smallest absolute Gasteiger partial charge is 0.416 e. The van der Waals surface area contributed by atoms with Gasteiger partial charge in [0.2, 0.25) is 0 Å². The van der Waals surface area contributed by atoms with Gasteiger partial charge < -0.3 is 5.11 Å². The van der Waals surface area contributed by atoms with E-state index in [1.165, 1.54) is 6.92 Å². The van der Waals surface area contributed by atoms with Crippen LogP contribution in [0.15, 0.2) is 32.8 Å². The van der Waals surface area contributed by atoms with Gasteiger partial charge in [0.25, 0.3) is 5.56 Å². The minimum atomic E-state index is -4.76. The molecule has 0 aliphatic heterocycles. The van der Waals surface area contributed by atoms with Gasteiger partial charge in [-0.05, 0) is 30.4 Å². The number of aliphatic imine (C=N–C) groups is 1. The summed E-state index contributed by atoms with van der Waals surface area (Å²) in [6.07, 6.45) is -4.76. The minimum absolute atomic E-state index is 0.124. The second kappa shape index (κ2) is 6.56. The summed E-state index contributed by atoms with van der Waals surface area (Å²) in [6.45, 7) is 0.575. The van der Waals surface area contributed by atoms with E-state index in [0.717, 1.165) is 18.2 Å². The summed E-state index contributed by atoms with van der Waals surface area (Å²) in [5.74, 6) is -1.09. The zero-order valence-electron chi connectivity index (χ0n) is 12.1. The van der Waals surface area contributed by atoms with Crippen molar-refractivity contribution < 1.29 is 22.7 Å². The van der Waals surface area contributed by atoms with Crippen LogP contribution in [0.4, 0.5) is 17.6 Å². The molecule has 0 aliphatic rings. The third kappa shape index (κ3) is 3.70. The van der Waals surface area contributed by atoms with Crippen molar-refractivity contribution in [2.75, 3.05) is 0 Å². The zero-order chi connectivity index (χ0) is 18.1. The summed E-state index contributed by atoms with van der Waals surface area (Å²) in [6, 6.07) is 2.53. The number of aromatic hydroxyl groups is 1. The summed E-state index contributed by atoms with van der Waals surface area (Å²) in [4.78, 5) is 27.6. The SMILES string of the molecule is CC(=NCc1c(F)cccc1C(F)(F)F)c1c(O)sc(=O)[nH]c1=O. The Labute approximate surface area is 135 Å². The number of hydrogen-bond acceptors (Lipinski definition) is 5. The summed E-state index contributed by atoms with van der Waals surface area (Å²) in [7, 11) is 0. The van der Waals surface area contributed by atoms with Gasteiger partial charge in [-0.3, -0.25) is 19.6 Å². The molecule has 0 bridgehead atoms. The average molecular weight is 362 g/mol. The highest BCUT2D eigenvalue weighted by atomic mass is 32.1. The molecule has 1 aromatic heterocycles. The predicted octanol–water partition coefficient (Wildman–Crippen LogP) is 2.67. The molecule has 2 N–H and O–H groups in total. The van der Waals surface area contributed by atoms with Gasteiger partial charge in [-0.2, -0.15) is 13.2 Å². The lowest BCUT2D eigenvalue weighted by atomic mass is 10.1. The van der Waals surface area contributed by atoms with Crippen LogP contribution in [-0.2, 0) is 12.7 Å². The van der Waals surface area contributed by atoms with Crippen molar-refractivity contribution in [3.63, 3.8) is 0 Å². The van der Waals surface area contributed by atoms with E-state index >= 15 is 0 Å². The first kappa shape index (κ1) is 17.9. The van der Waals surface area contributed by atoms with Gasteiger partial charge in [0.05, 0.1) is 12.1 Å². The Balaban J connectivity index is 2.46. The third-order valence-electron chi connectivity index (χ3n) is 3.11.